The summed E-state index contributed by atoms with van der Waals surface area (Å²) < 4.78 is 11.1. The zero-order valence-electron chi connectivity index (χ0n) is 34.5. The van der Waals surface area contributed by atoms with Crippen molar-refractivity contribution >= 4 is 35.0 Å². The van der Waals surface area contributed by atoms with E-state index in [2.05, 4.69) is 12.2 Å². The fourth-order valence-electron chi connectivity index (χ4n) is 8.03. The molecule has 0 saturated heterocycles. The first-order valence-electron chi connectivity index (χ1n) is 19.5. The molecule has 4 atom stereocenters. The number of allylic oxidation sites excluding steroid dienone is 9. The summed E-state index contributed by atoms with van der Waals surface area (Å²) in [5, 5.41) is 12.2. The zero-order valence-corrected chi connectivity index (χ0v) is 34.5. The molecule has 8 nitrogen and oxygen atoms in total. The van der Waals surface area contributed by atoms with E-state index in [0.29, 0.717) is 32.1 Å². The SMILES string of the molecule is CCCC(=O)Oc1ccc(C(O)=C2C(=O)[C@]3(CC=C(C)C)C[C@H](CC=C(C)C)[C@@](C)(CCC=C(C)C)[C@](CC=C(C)C)(C2=O)C3=O)cc1OC(=O)CCC. The van der Waals surface area contributed by atoms with Gasteiger partial charge in [-0.3, -0.25) is 24.0 Å². The molecule has 294 valence electrons. The highest BCUT2D eigenvalue weighted by Crippen LogP contribution is 2.67. The van der Waals surface area contributed by atoms with Crippen LogP contribution in [0.3, 0.4) is 0 Å². The number of rotatable bonds is 16. The van der Waals surface area contributed by atoms with Crippen LogP contribution in [0.25, 0.3) is 5.76 Å². The lowest BCUT2D eigenvalue weighted by atomic mass is 9.37. The van der Waals surface area contributed by atoms with Crippen molar-refractivity contribution in [2.24, 2.45) is 22.2 Å². The Morgan fingerprint density at radius 3 is 1.83 bits per heavy atom. The highest BCUT2D eigenvalue weighted by Gasteiger charge is 2.74. The first-order chi connectivity index (χ1) is 25.3. The van der Waals surface area contributed by atoms with Gasteiger partial charge in [0, 0.05) is 18.4 Å². The summed E-state index contributed by atoms with van der Waals surface area (Å²) in [6.45, 7) is 21.4. The van der Waals surface area contributed by atoms with E-state index < -0.39 is 51.1 Å². The molecule has 3 rings (SSSR count). The highest BCUT2D eigenvalue weighted by atomic mass is 16.6. The minimum Gasteiger partial charge on any atom is -0.506 e. The number of ether oxygens (including phenoxy) is 2. The fourth-order valence-corrected chi connectivity index (χ4v) is 8.03. The summed E-state index contributed by atoms with van der Waals surface area (Å²) >= 11 is 0. The second-order valence-electron chi connectivity index (χ2n) is 16.4. The lowest BCUT2D eigenvalue weighted by Crippen LogP contribution is -2.70. The maximum Gasteiger partial charge on any atom is 0.311 e. The first-order valence-corrected chi connectivity index (χ1v) is 19.5. The van der Waals surface area contributed by atoms with Gasteiger partial charge in [-0.05, 0) is 136 Å². The van der Waals surface area contributed by atoms with Gasteiger partial charge in [-0.25, -0.2) is 0 Å². The van der Waals surface area contributed by atoms with Crippen LogP contribution in [-0.4, -0.2) is 34.4 Å². The molecule has 0 radical (unpaired) electrons. The van der Waals surface area contributed by atoms with Crippen molar-refractivity contribution in [3.05, 3.63) is 75.9 Å². The third-order valence-electron chi connectivity index (χ3n) is 11.1. The van der Waals surface area contributed by atoms with Gasteiger partial charge in [0.2, 0.25) is 0 Å². The minimum absolute atomic E-state index is 0.0239. The van der Waals surface area contributed by atoms with Crippen LogP contribution in [0.2, 0.25) is 0 Å². The molecule has 0 spiro atoms. The predicted octanol–water partition coefficient (Wildman–Crippen LogP) is 10.9. The smallest absolute Gasteiger partial charge is 0.311 e. The molecular weight excluding hydrogens is 680 g/mol. The monoisotopic (exact) mass is 742 g/mol. The third kappa shape index (κ3) is 9.13. The Bertz CT molecular complexity index is 1790. The van der Waals surface area contributed by atoms with Crippen molar-refractivity contribution in [1.82, 2.24) is 0 Å². The van der Waals surface area contributed by atoms with Gasteiger partial charge in [0.05, 0.1) is 5.41 Å². The molecular formula is C46H62O8. The maximum absolute atomic E-state index is 15.5. The number of Topliss-reactive ketones (excluding diaryl/α,β-unsaturated/α-hetero) is 3. The number of aliphatic hydroxyl groups excluding tert-OH is 1. The molecule has 1 N–H and O–H groups in total. The Balaban J connectivity index is 2.48. The number of esters is 2. The summed E-state index contributed by atoms with van der Waals surface area (Å²) in [6.07, 6.45) is 11.5. The van der Waals surface area contributed by atoms with E-state index >= 15 is 14.4 Å². The number of hydrogen-bond acceptors (Lipinski definition) is 8. The molecule has 2 bridgehead atoms. The van der Waals surface area contributed by atoms with Crippen LogP contribution >= 0.6 is 0 Å². The molecule has 8 heteroatoms. The average molecular weight is 743 g/mol. The quantitative estimate of drug-likeness (QED) is 0.0338. The summed E-state index contributed by atoms with van der Waals surface area (Å²) in [4.78, 5) is 71.3. The van der Waals surface area contributed by atoms with E-state index in [4.69, 9.17) is 9.47 Å². The Morgan fingerprint density at radius 2 is 1.30 bits per heavy atom. The molecule has 1 aromatic rings. The molecule has 1 aromatic carbocycles. The van der Waals surface area contributed by atoms with Crippen LogP contribution in [0.15, 0.2) is 70.4 Å². The first kappa shape index (κ1) is 44.1. The van der Waals surface area contributed by atoms with Gasteiger partial charge in [-0.1, -0.05) is 67.4 Å². The van der Waals surface area contributed by atoms with Crippen LogP contribution < -0.4 is 9.47 Å². The Labute approximate surface area is 322 Å². The number of carbonyl (C=O) groups is 5. The summed E-state index contributed by atoms with van der Waals surface area (Å²) in [5.74, 6) is -3.82. The second kappa shape index (κ2) is 18.3. The summed E-state index contributed by atoms with van der Waals surface area (Å²) in [6, 6.07) is 4.13. The van der Waals surface area contributed by atoms with Gasteiger partial charge < -0.3 is 14.6 Å². The predicted molar refractivity (Wildman–Crippen MR) is 214 cm³/mol. The number of carbonyl (C=O) groups excluding carboxylic acids is 5. The number of hydrogen-bond donors (Lipinski definition) is 1. The van der Waals surface area contributed by atoms with E-state index in [9.17, 15) is 14.7 Å². The second-order valence-corrected chi connectivity index (χ2v) is 16.4. The van der Waals surface area contributed by atoms with Gasteiger partial charge in [0.25, 0.3) is 0 Å². The normalized spacial score (nSPS) is 24.3. The van der Waals surface area contributed by atoms with Crippen LogP contribution in [0.4, 0.5) is 0 Å². The van der Waals surface area contributed by atoms with Crippen molar-refractivity contribution in [2.75, 3.05) is 0 Å². The average Bonchev–Trinajstić information content (AvgIpc) is 3.07. The van der Waals surface area contributed by atoms with Gasteiger partial charge in [-0.2, -0.15) is 0 Å². The van der Waals surface area contributed by atoms with E-state index in [0.717, 1.165) is 22.3 Å². The van der Waals surface area contributed by atoms with E-state index in [1.165, 1.54) is 18.2 Å². The van der Waals surface area contributed by atoms with Crippen LogP contribution in [0.5, 0.6) is 11.5 Å². The van der Waals surface area contributed by atoms with Crippen molar-refractivity contribution in [1.29, 1.82) is 0 Å². The molecule has 2 aliphatic carbocycles. The number of ketones is 3. The fraction of sp³-hybridized carbons (Fsp3) is 0.543. The van der Waals surface area contributed by atoms with Crippen molar-refractivity contribution in [2.45, 2.75) is 140 Å². The molecule has 2 fully saturated rings. The maximum atomic E-state index is 15.5. The van der Waals surface area contributed by atoms with Crippen LogP contribution in [0, 0.1) is 22.2 Å². The Morgan fingerprint density at radius 1 is 0.759 bits per heavy atom. The van der Waals surface area contributed by atoms with Crippen molar-refractivity contribution in [3.63, 3.8) is 0 Å². The topological polar surface area (TPSA) is 124 Å². The van der Waals surface area contributed by atoms with Gasteiger partial charge in [-0.15, -0.1) is 0 Å². The largest absolute Gasteiger partial charge is 0.506 e. The summed E-state index contributed by atoms with van der Waals surface area (Å²) in [5.41, 5.74) is -0.485. The number of fused-ring (bicyclic) bond motifs is 2. The van der Waals surface area contributed by atoms with E-state index in [1.54, 1.807) is 0 Å². The Kier molecular flexibility index (Phi) is 15.0. The van der Waals surface area contributed by atoms with E-state index in [-0.39, 0.29) is 60.9 Å². The lowest BCUT2D eigenvalue weighted by molar-refractivity contribution is -0.178. The standard InChI is InChI=1S/C46H62O8/c1-12-15-37(47)53-35-21-19-33(27-36(35)54-38(48)16-13-2)40(49)39-41(50)45(25-22-31(7)8)28-34(20-18-30(5)6)44(11,24-14-17-29(3)4)46(42(39)51,43(45)52)26-23-32(9)10/h17-19,21-23,27,34,49H,12-16,20,24-26,28H2,1-11H3/t34-,44+,45-,46+/m0/s1. The van der Waals surface area contributed by atoms with Crippen LogP contribution in [-0.2, 0) is 24.0 Å². The molecule has 54 heavy (non-hydrogen) atoms. The number of benzene rings is 1. The van der Waals surface area contributed by atoms with Crippen molar-refractivity contribution in [3.8, 4) is 11.5 Å². The summed E-state index contributed by atoms with van der Waals surface area (Å²) in [7, 11) is 0. The molecule has 0 aromatic heterocycles. The lowest BCUT2D eigenvalue weighted by Gasteiger charge is -2.61. The third-order valence-corrected chi connectivity index (χ3v) is 11.1. The molecule has 0 unspecified atom stereocenters. The molecule has 0 amide bonds. The molecule has 2 saturated carbocycles. The molecule has 0 aliphatic heterocycles. The van der Waals surface area contributed by atoms with Crippen LogP contribution in [0.1, 0.15) is 146 Å². The Hall–Kier alpha value is -4.33. The minimum atomic E-state index is -1.67. The highest BCUT2D eigenvalue weighted by molar-refractivity contribution is 6.41. The van der Waals surface area contributed by atoms with E-state index in [1.807, 2.05) is 88.3 Å². The van der Waals surface area contributed by atoms with Gasteiger partial charge in [0.15, 0.2) is 28.8 Å². The molecule has 0 heterocycles. The molecule has 2 aliphatic rings. The zero-order chi connectivity index (χ0) is 40.6. The van der Waals surface area contributed by atoms with Crippen molar-refractivity contribution < 1.29 is 38.6 Å². The van der Waals surface area contributed by atoms with Gasteiger partial charge >= 0.3 is 11.9 Å². The van der Waals surface area contributed by atoms with Gasteiger partial charge in [0.1, 0.15) is 16.7 Å². The number of aliphatic hydroxyl groups is 1.